The van der Waals surface area contributed by atoms with E-state index in [0.717, 1.165) is 36.4 Å². The van der Waals surface area contributed by atoms with Crippen LogP contribution in [-0.4, -0.2) is 43.1 Å². The van der Waals surface area contributed by atoms with Gasteiger partial charge in [0.05, 0.1) is 11.2 Å². The Morgan fingerprint density at radius 3 is 2.58 bits per heavy atom. The molecule has 0 radical (unpaired) electrons. The van der Waals surface area contributed by atoms with Crippen LogP contribution in [0, 0.1) is 24.5 Å². The number of halogens is 3. The van der Waals surface area contributed by atoms with Gasteiger partial charge < -0.3 is 15.2 Å². The fourth-order valence-electron chi connectivity index (χ4n) is 4.56. The number of benzene rings is 1. The van der Waals surface area contributed by atoms with E-state index in [-0.39, 0.29) is 40.4 Å². The molecule has 0 aliphatic heterocycles. The Hall–Kier alpha value is -3.93. The number of rotatable bonds is 7. The van der Waals surface area contributed by atoms with E-state index in [4.69, 9.17) is 16.1 Å². The number of fused-ring (bicyclic) bond motifs is 1. The molecule has 2 amide bonds. The number of amides is 2. The van der Waals surface area contributed by atoms with Crippen molar-refractivity contribution in [1.82, 2.24) is 35.4 Å². The van der Waals surface area contributed by atoms with Crippen LogP contribution in [0.3, 0.4) is 0 Å². The average molecular weight is 544 g/mol. The predicted molar refractivity (Wildman–Crippen MR) is 132 cm³/mol. The second kappa shape index (κ2) is 10.8. The summed E-state index contributed by atoms with van der Waals surface area (Å²) in [6, 6.07) is 5.32. The van der Waals surface area contributed by atoms with Crippen LogP contribution in [0.1, 0.15) is 69.9 Å². The number of nitrogens with zero attached hydrogens (tertiary/aromatic N) is 5. The molecule has 10 nitrogen and oxygen atoms in total. The highest BCUT2D eigenvalue weighted by atomic mass is 35.5. The summed E-state index contributed by atoms with van der Waals surface area (Å²) >= 11 is 5.79. The van der Waals surface area contributed by atoms with Gasteiger partial charge in [-0.25, -0.2) is 18.3 Å². The molecule has 1 aromatic carbocycles. The number of hydrogen-bond acceptors (Lipinski definition) is 7. The third-order valence-electron chi connectivity index (χ3n) is 6.62. The molecule has 2 N–H and O–H groups in total. The Labute approximate surface area is 220 Å². The zero-order valence-electron chi connectivity index (χ0n) is 20.4. The Balaban J connectivity index is 1.24. The number of carbonyl (C=O) groups is 2. The zero-order chi connectivity index (χ0) is 26.8. The monoisotopic (exact) mass is 543 g/mol. The Morgan fingerprint density at radius 1 is 1.08 bits per heavy atom. The summed E-state index contributed by atoms with van der Waals surface area (Å²) in [5.41, 5.74) is 0.126. The molecule has 0 unspecified atom stereocenters. The first-order chi connectivity index (χ1) is 18.3. The summed E-state index contributed by atoms with van der Waals surface area (Å²) in [7, 11) is 0. The summed E-state index contributed by atoms with van der Waals surface area (Å²) in [5, 5.41) is 13.2. The van der Waals surface area contributed by atoms with Crippen molar-refractivity contribution in [3.05, 3.63) is 75.8 Å². The fourth-order valence-corrected chi connectivity index (χ4v) is 4.76. The summed E-state index contributed by atoms with van der Waals surface area (Å²) in [5.74, 6) is -0.770. The second-order valence-electron chi connectivity index (χ2n) is 9.29. The first kappa shape index (κ1) is 25.7. The Bertz CT molecular complexity index is 1500. The topological polar surface area (TPSA) is 127 Å². The standard InChI is InChI=1S/C25H24ClF2N7O3/c1-13-32-25(38-34-13)16-5-2-14(3-6-16)10-30-24(37)21-9-20(33-22-19(28)12-31-35(21)22)23(36)29-11-15-4-7-18(27)17(26)8-15/h4,7-9,12,14,16H,2-3,5-6,10-11H2,1H3,(H,29,36)(H,30,37)/t14-,16-. The van der Waals surface area contributed by atoms with Gasteiger partial charge in [-0.1, -0.05) is 22.8 Å². The Morgan fingerprint density at radius 2 is 1.87 bits per heavy atom. The number of nitrogens with one attached hydrogen (secondary N) is 2. The smallest absolute Gasteiger partial charge is 0.270 e. The summed E-state index contributed by atoms with van der Waals surface area (Å²) in [4.78, 5) is 34.2. The molecule has 0 spiro atoms. The molecule has 0 atom stereocenters. The molecule has 3 aromatic heterocycles. The van der Waals surface area contributed by atoms with Crippen LogP contribution in [0.15, 0.2) is 35.0 Å². The van der Waals surface area contributed by atoms with Gasteiger partial charge in [0.2, 0.25) is 5.89 Å². The van der Waals surface area contributed by atoms with E-state index < -0.39 is 23.4 Å². The van der Waals surface area contributed by atoms with Gasteiger partial charge in [-0.05, 0) is 56.2 Å². The van der Waals surface area contributed by atoms with E-state index in [0.29, 0.717) is 23.8 Å². The fraction of sp³-hybridized carbons (Fsp3) is 0.360. The maximum Gasteiger partial charge on any atom is 0.270 e. The minimum Gasteiger partial charge on any atom is -0.350 e. The van der Waals surface area contributed by atoms with Crippen molar-refractivity contribution >= 4 is 29.1 Å². The van der Waals surface area contributed by atoms with E-state index in [1.54, 1.807) is 6.92 Å². The molecule has 0 saturated heterocycles. The molecule has 1 fully saturated rings. The van der Waals surface area contributed by atoms with Gasteiger partial charge in [0.15, 0.2) is 17.3 Å². The number of aromatic nitrogens is 5. The molecule has 38 heavy (non-hydrogen) atoms. The molecule has 1 aliphatic carbocycles. The third kappa shape index (κ3) is 5.49. The minimum atomic E-state index is -0.770. The van der Waals surface area contributed by atoms with Gasteiger partial charge in [-0.15, -0.1) is 0 Å². The molecule has 1 saturated carbocycles. The van der Waals surface area contributed by atoms with E-state index in [9.17, 15) is 18.4 Å². The average Bonchev–Trinajstić information content (AvgIpc) is 3.53. The van der Waals surface area contributed by atoms with Crippen molar-refractivity contribution < 1.29 is 22.9 Å². The molecule has 5 rings (SSSR count). The molecule has 1 aliphatic rings. The van der Waals surface area contributed by atoms with Crippen LogP contribution in [0.25, 0.3) is 5.65 Å². The lowest BCUT2D eigenvalue weighted by atomic mass is 9.82. The maximum absolute atomic E-state index is 14.3. The van der Waals surface area contributed by atoms with Crippen molar-refractivity contribution in [2.45, 2.75) is 45.1 Å². The molecule has 13 heteroatoms. The maximum atomic E-state index is 14.3. The van der Waals surface area contributed by atoms with Crippen molar-refractivity contribution in [3.63, 3.8) is 0 Å². The highest BCUT2D eigenvalue weighted by Gasteiger charge is 2.27. The summed E-state index contributed by atoms with van der Waals surface area (Å²) < 4.78 is 34.1. The largest absolute Gasteiger partial charge is 0.350 e. The summed E-state index contributed by atoms with van der Waals surface area (Å²) in [6.07, 6.45) is 4.41. The molecular weight excluding hydrogens is 520 g/mol. The molecule has 3 heterocycles. The minimum absolute atomic E-state index is 0.0242. The zero-order valence-corrected chi connectivity index (χ0v) is 21.1. The summed E-state index contributed by atoms with van der Waals surface area (Å²) in [6.45, 7) is 2.22. The number of hydrogen-bond donors (Lipinski definition) is 2. The quantitative estimate of drug-likeness (QED) is 0.361. The van der Waals surface area contributed by atoms with Gasteiger partial charge in [-0.2, -0.15) is 10.1 Å². The third-order valence-corrected chi connectivity index (χ3v) is 6.91. The van der Waals surface area contributed by atoms with Crippen LogP contribution in [0.4, 0.5) is 8.78 Å². The lowest BCUT2D eigenvalue weighted by Crippen LogP contribution is -2.33. The number of aryl methyl sites for hydroxylation is 1. The first-order valence-electron chi connectivity index (χ1n) is 12.1. The van der Waals surface area contributed by atoms with Crippen molar-refractivity contribution in [3.8, 4) is 0 Å². The van der Waals surface area contributed by atoms with E-state index >= 15 is 0 Å². The number of carbonyl (C=O) groups excluding carboxylic acids is 2. The van der Waals surface area contributed by atoms with Gasteiger partial charge >= 0.3 is 0 Å². The molecular formula is C25H24ClF2N7O3. The van der Waals surface area contributed by atoms with Gasteiger partial charge in [0.1, 0.15) is 17.2 Å². The molecule has 0 bridgehead atoms. The van der Waals surface area contributed by atoms with Gasteiger partial charge in [0.25, 0.3) is 11.8 Å². The second-order valence-corrected chi connectivity index (χ2v) is 9.70. The lowest BCUT2D eigenvalue weighted by molar-refractivity contribution is 0.0934. The first-order valence-corrected chi connectivity index (χ1v) is 12.5. The Kier molecular flexibility index (Phi) is 7.32. The van der Waals surface area contributed by atoms with Crippen LogP contribution >= 0.6 is 11.6 Å². The van der Waals surface area contributed by atoms with E-state index in [1.165, 1.54) is 24.3 Å². The predicted octanol–water partition coefficient (Wildman–Crippen LogP) is 3.99. The molecule has 198 valence electrons. The van der Waals surface area contributed by atoms with Crippen LogP contribution < -0.4 is 10.6 Å². The highest BCUT2D eigenvalue weighted by Crippen LogP contribution is 2.34. The van der Waals surface area contributed by atoms with E-state index in [1.807, 2.05) is 0 Å². The normalized spacial score (nSPS) is 17.5. The van der Waals surface area contributed by atoms with Crippen LogP contribution in [0.5, 0.6) is 0 Å². The SMILES string of the molecule is Cc1noc([C@H]2CC[C@H](CNC(=O)c3cc(C(=O)NCc4ccc(F)c(Cl)c4)nc4c(F)cnn34)CC2)n1. The highest BCUT2D eigenvalue weighted by molar-refractivity contribution is 6.30. The van der Waals surface area contributed by atoms with Gasteiger partial charge in [-0.3, -0.25) is 9.59 Å². The molecule has 4 aromatic rings. The van der Waals surface area contributed by atoms with E-state index in [2.05, 4.69) is 30.9 Å². The van der Waals surface area contributed by atoms with Crippen molar-refractivity contribution in [2.75, 3.05) is 6.54 Å². The van der Waals surface area contributed by atoms with Crippen molar-refractivity contribution in [1.29, 1.82) is 0 Å². The lowest BCUT2D eigenvalue weighted by Gasteiger charge is -2.26. The van der Waals surface area contributed by atoms with Gasteiger partial charge in [0, 0.05) is 25.1 Å². The van der Waals surface area contributed by atoms with Crippen molar-refractivity contribution in [2.24, 2.45) is 5.92 Å². The van der Waals surface area contributed by atoms with Crippen LogP contribution in [0.2, 0.25) is 5.02 Å². The van der Waals surface area contributed by atoms with Crippen LogP contribution in [-0.2, 0) is 6.54 Å².